The van der Waals surface area contributed by atoms with E-state index in [1.165, 1.54) is 11.3 Å². The van der Waals surface area contributed by atoms with Gasteiger partial charge in [-0.15, -0.1) is 11.6 Å². The molecule has 90 valence electrons. The van der Waals surface area contributed by atoms with Crippen molar-refractivity contribution < 1.29 is 0 Å². The van der Waals surface area contributed by atoms with Crippen LogP contribution in [0.25, 0.3) is 0 Å². The summed E-state index contributed by atoms with van der Waals surface area (Å²) < 4.78 is 0. The SMILES string of the molecule is CN(CCCCl)c1ccc(C(C)(C)C)cc1. The normalized spacial score (nSPS) is 11.6. The van der Waals surface area contributed by atoms with E-state index >= 15 is 0 Å². The molecule has 2 heteroatoms. The van der Waals surface area contributed by atoms with Crippen LogP contribution < -0.4 is 4.90 Å². The summed E-state index contributed by atoms with van der Waals surface area (Å²) in [6.45, 7) is 7.72. The maximum absolute atomic E-state index is 5.69. The maximum Gasteiger partial charge on any atom is 0.0363 e. The van der Waals surface area contributed by atoms with Crippen LogP contribution in [0.2, 0.25) is 0 Å². The van der Waals surface area contributed by atoms with E-state index in [0.717, 1.165) is 18.8 Å². The van der Waals surface area contributed by atoms with Gasteiger partial charge in [0, 0.05) is 25.2 Å². The van der Waals surface area contributed by atoms with Gasteiger partial charge in [-0.05, 0) is 29.5 Å². The van der Waals surface area contributed by atoms with E-state index in [1.807, 2.05) is 0 Å². The molecule has 0 bridgehead atoms. The summed E-state index contributed by atoms with van der Waals surface area (Å²) >= 11 is 5.69. The van der Waals surface area contributed by atoms with Crippen molar-refractivity contribution in [3.63, 3.8) is 0 Å². The molecular formula is C14H22ClN. The second kappa shape index (κ2) is 5.58. The quantitative estimate of drug-likeness (QED) is 0.717. The molecule has 1 aromatic rings. The summed E-state index contributed by atoms with van der Waals surface area (Å²) in [5.41, 5.74) is 2.87. The minimum absolute atomic E-state index is 0.229. The Morgan fingerprint density at radius 1 is 1.12 bits per heavy atom. The fraction of sp³-hybridized carbons (Fsp3) is 0.571. The third-order valence-corrected chi connectivity index (χ3v) is 3.07. The fourth-order valence-electron chi connectivity index (χ4n) is 1.64. The molecule has 0 saturated carbocycles. The number of nitrogens with zero attached hydrogens (tertiary/aromatic N) is 1. The molecule has 0 atom stereocenters. The Morgan fingerprint density at radius 2 is 1.69 bits per heavy atom. The number of hydrogen-bond acceptors (Lipinski definition) is 1. The molecule has 1 nitrogen and oxygen atoms in total. The van der Waals surface area contributed by atoms with E-state index in [9.17, 15) is 0 Å². The van der Waals surface area contributed by atoms with Gasteiger partial charge >= 0.3 is 0 Å². The summed E-state index contributed by atoms with van der Waals surface area (Å²) in [4.78, 5) is 2.24. The van der Waals surface area contributed by atoms with Gasteiger partial charge in [-0.3, -0.25) is 0 Å². The van der Waals surface area contributed by atoms with Crippen LogP contribution >= 0.6 is 11.6 Å². The molecule has 0 N–H and O–H groups in total. The lowest BCUT2D eigenvalue weighted by atomic mass is 9.87. The van der Waals surface area contributed by atoms with E-state index in [1.54, 1.807) is 0 Å². The van der Waals surface area contributed by atoms with Gasteiger partial charge in [-0.1, -0.05) is 32.9 Å². The summed E-state index contributed by atoms with van der Waals surface area (Å²) in [6.07, 6.45) is 1.03. The van der Waals surface area contributed by atoms with Gasteiger partial charge in [-0.25, -0.2) is 0 Å². The van der Waals surface area contributed by atoms with E-state index < -0.39 is 0 Å². The summed E-state index contributed by atoms with van der Waals surface area (Å²) in [6, 6.07) is 8.81. The van der Waals surface area contributed by atoms with Crippen LogP contribution in [0.15, 0.2) is 24.3 Å². The Bertz CT molecular complexity index is 311. The number of alkyl halides is 1. The summed E-state index contributed by atoms with van der Waals surface area (Å²) in [5.74, 6) is 0.727. The number of anilines is 1. The van der Waals surface area contributed by atoms with Gasteiger partial charge in [0.25, 0.3) is 0 Å². The molecule has 0 aliphatic carbocycles. The van der Waals surface area contributed by atoms with Crippen molar-refractivity contribution in [2.75, 3.05) is 24.4 Å². The number of hydrogen-bond donors (Lipinski definition) is 0. The molecule has 0 spiro atoms. The fourth-order valence-corrected chi connectivity index (χ4v) is 1.76. The first-order chi connectivity index (χ1) is 7.45. The molecule has 16 heavy (non-hydrogen) atoms. The lowest BCUT2D eigenvalue weighted by Crippen LogP contribution is -2.19. The molecule has 0 aliphatic heterocycles. The van der Waals surface area contributed by atoms with Crippen LogP contribution in [0.5, 0.6) is 0 Å². The van der Waals surface area contributed by atoms with Crippen molar-refractivity contribution in [3.8, 4) is 0 Å². The molecule has 0 radical (unpaired) electrons. The van der Waals surface area contributed by atoms with Crippen LogP contribution in [0.1, 0.15) is 32.8 Å². The predicted molar refractivity (Wildman–Crippen MR) is 73.7 cm³/mol. The highest BCUT2D eigenvalue weighted by Gasteiger charge is 2.13. The van der Waals surface area contributed by atoms with Gasteiger partial charge in [-0.2, -0.15) is 0 Å². The number of benzene rings is 1. The van der Waals surface area contributed by atoms with Crippen molar-refractivity contribution in [2.45, 2.75) is 32.6 Å². The molecule has 0 aliphatic rings. The van der Waals surface area contributed by atoms with E-state index in [-0.39, 0.29) is 5.41 Å². The zero-order valence-electron chi connectivity index (χ0n) is 10.8. The van der Waals surface area contributed by atoms with Gasteiger partial charge in [0.05, 0.1) is 0 Å². The van der Waals surface area contributed by atoms with Crippen molar-refractivity contribution in [3.05, 3.63) is 29.8 Å². The Balaban J connectivity index is 2.71. The van der Waals surface area contributed by atoms with Gasteiger partial charge < -0.3 is 4.90 Å². The van der Waals surface area contributed by atoms with Crippen LogP contribution in [0, 0.1) is 0 Å². The minimum atomic E-state index is 0.229. The Morgan fingerprint density at radius 3 is 2.12 bits per heavy atom. The second-order valence-electron chi connectivity index (χ2n) is 5.26. The van der Waals surface area contributed by atoms with E-state index in [4.69, 9.17) is 11.6 Å². The molecule has 0 aromatic heterocycles. The van der Waals surface area contributed by atoms with Gasteiger partial charge in [0.15, 0.2) is 0 Å². The number of halogens is 1. The lowest BCUT2D eigenvalue weighted by Gasteiger charge is -2.22. The monoisotopic (exact) mass is 239 g/mol. The molecule has 0 heterocycles. The third-order valence-electron chi connectivity index (χ3n) is 2.80. The van der Waals surface area contributed by atoms with Crippen LogP contribution in [0.4, 0.5) is 5.69 Å². The highest BCUT2D eigenvalue weighted by Crippen LogP contribution is 2.24. The summed E-state index contributed by atoms with van der Waals surface area (Å²) in [7, 11) is 2.11. The minimum Gasteiger partial charge on any atom is -0.375 e. The van der Waals surface area contributed by atoms with Crippen LogP contribution in [-0.4, -0.2) is 19.5 Å². The standard InChI is InChI=1S/C14H22ClN/c1-14(2,3)12-6-8-13(9-7-12)16(4)11-5-10-15/h6-9H,5,10-11H2,1-4H3. The topological polar surface area (TPSA) is 3.24 Å². The highest BCUT2D eigenvalue weighted by molar-refractivity contribution is 6.17. The van der Waals surface area contributed by atoms with Crippen molar-refractivity contribution in [1.29, 1.82) is 0 Å². The maximum atomic E-state index is 5.69. The van der Waals surface area contributed by atoms with Gasteiger partial charge in [0.2, 0.25) is 0 Å². The first kappa shape index (κ1) is 13.4. The summed E-state index contributed by atoms with van der Waals surface area (Å²) in [5, 5.41) is 0. The zero-order valence-corrected chi connectivity index (χ0v) is 11.5. The van der Waals surface area contributed by atoms with E-state index in [0.29, 0.717) is 0 Å². The van der Waals surface area contributed by atoms with Gasteiger partial charge in [0.1, 0.15) is 0 Å². The molecule has 0 saturated heterocycles. The largest absolute Gasteiger partial charge is 0.375 e. The first-order valence-electron chi connectivity index (χ1n) is 5.83. The van der Waals surface area contributed by atoms with E-state index in [2.05, 4.69) is 57.0 Å². The molecule has 0 fully saturated rings. The average Bonchev–Trinajstić information content (AvgIpc) is 2.25. The molecule has 1 rings (SSSR count). The van der Waals surface area contributed by atoms with Crippen LogP contribution in [0.3, 0.4) is 0 Å². The van der Waals surface area contributed by atoms with Crippen molar-refractivity contribution >= 4 is 17.3 Å². The molecule has 1 aromatic carbocycles. The lowest BCUT2D eigenvalue weighted by molar-refractivity contribution is 0.590. The molecule has 0 unspecified atom stereocenters. The predicted octanol–water partition coefficient (Wildman–Crippen LogP) is 4.05. The Labute approximate surface area is 104 Å². The Hall–Kier alpha value is -0.690. The second-order valence-corrected chi connectivity index (χ2v) is 5.64. The Kier molecular flexibility index (Phi) is 4.67. The third kappa shape index (κ3) is 3.71. The van der Waals surface area contributed by atoms with Crippen molar-refractivity contribution in [1.82, 2.24) is 0 Å². The van der Waals surface area contributed by atoms with Crippen molar-refractivity contribution in [2.24, 2.45) is 0 Å². The average molecular weight is 240 g/mol. The van der Waals surface area contributed by atoms with Crippen LogP contribution in [-0.2, 0) is 5.41 Å². The number of rotatable bonds is 4. The molecular weight excluding hydrogens is 218 g/mol. The highest BCUT2D eigenvalue weighted by atomic mass is 35.5. The zero-order chi connectivity index (χ0) is 12.2. The molecule has 0 amide bonds. The first-order valence-corrected chi connectivity index (χ1v) is 6.36. The smallest absolute Gasteiger partial charge is 0.0363 e.